The Balaban J connectivity index is 1.59. The standard InChI is InChI=1S/C17H25N3O2/c18-17(6-3-7-17)16(21)19-12-14-4-1-2-5-15(14)13-20-8-10-22-11-9-20/h1-2,4-5H,3,6-13,18H2,(H,19,21). The molecule has 1 heterocycles. The molecule has 1 saturated heterocycles. The largest absolute Gasteiger partial charge is 0.379 e. The molecule has 1 aromatic rings. The summed E-state index contributed by atoms with van der Waals surface area (Å²) in [5.74, 6) is -0.0140. The number of amides is 1. The Morgan fingerprint density at radius 2 is 1.91 bits per heavy atom. The highest BCUT2D eigenvalue weighted by atomic mass is 16.5. The summed E-state index contributed by atoms with van der Waals surface area (Å²) in [6.07, 6.45) is 2.65. The molecule has 1 aliphatic heterocycles. The van der Waals surface area contributed by atoms with Crippen LogP contribution in [0.15, 0.2) is 24.3 Å². The Morgan fingerprint density at radius 1 is 1.23 bits per heavy atom. The van der Waals surface area contributed by atoms with Crippen molar-refractivity contribution in [3.8, 4) is 0 Å². The van der Waals surface area contributed by atoms with Crippen molar-refractivity contribution < 1.29 is 9.53 Å². The fourth-order valence-electron chi connectivity index (χ4n) is 3.02. The van der Waals surface area contributed by atoms with Crippen LogP contribution in [0.3, 0.4) is 0 Å². The molecule has 0 radical (unpaired) electrons. The van der Waals surface area contributed by atoms with E-state index in [1.807, 2.05) is 6.07 Å². The third-order valence-corrected chi connectivity index (χ3v) is 4.75. The van der Waals surface area contributed by atoms with Crippen LogP contribution in [-0.4, -0.2) is 42.6 Å². The Bertz CT molecular complexity index is 522. The average molecular weight is 303 g/mol. The monoisotopic (exact) mass is 303 g/mol. The summed E-state index contributed by atoms with van der Waals surface area (Å²) in [6, 6.07) is 8.29. The minimum Gasteiger partial charge on any atom is -0.379 e. The van der Waals surface area contributed by atoms with Gasteiger partial charge in [-0.05, 0) is 30.4 Å². The van der Waals surface area contributed by atoms with Crippen LogP contribution in [0.5, 0.6) is 0 Å². The second-order valence-electron chi connectivity index (χ2n) is 6.35. The van der Waals surface area contributed by atoms with Crippen LogP contribution < -0.4 is 11.1 Å². The third-order valence-electron chi connectivity index (χ3n) is 4.75. The first-order valence-electron chi connectivity index (χ1n) is 8.11. The Labute approximate surface area is 131 Å². The summed E-state index contributed by atoms with van der Waals surface area (Å²) >= 11 is 0. The molecule has 5 nitrogen and oxygen atoms in total. The number of carbonyl (C=O) groups excluding carboxylic acids is 1. The van der Waals surface area contributed by atoms with E-state index in [0.717, 1.165) is 52.1 Å². The summed E-state index contributed by atoms with van der Waals surface area (Å²) in [5.41, 5.74) is 7.88. The van der Waals surface area contributed by atoms with E-state index in [2.05, 4.69) is 28.4 Å². The lowest BCUT2D eigenvalue weighted by Gasteiger charge is -2.36. The molecule has 1 aromatic carbocycles. The first-order chi connectivity index (χ1) is 10.7. The van der Waals surface area contributed by atoms with E-state index in [0.29, 0.717) is 6.54 Å². The first-order valence-corrected chi connectivity index (χ1v) is 8.11. The van der Waals surface area contributed by atoms with Crippen molar-refractivity contribution in [3.63, 3.8) is 0 Å². The van der Waals surface area contributed by atoms with Crippen molar-refractivity contribution >= 4 is 5.91 Å². The van der Waals surface area contributed by atoms with Crippen molar-refractivity contribution in [3.05, 3.63) is 35.4 Å². The topological polar surface area (TPSA) is 67.6 Å². The van der Waals surface area contributed by atoms with Gasteiger partial charge in [-0.15, -0.1) is 0 Å². The highest BCUT2D eigenvalue weighted by Gasteiger charge is 2.39. The fourth-order valence-corrected chi connectivity index (χ4v) is 3.02. The number of benzene rings is 1. The SMILES string of the molecule is NC1(C(=O)NCc2ccccc2CN2CCOCC2)CCC1. The Hall–Kier alpha value is -1.43. The first kappa shape index (κ1) is 15.5. The van der Waals surface area contributed by atoms with Crippen LogP contribution in [0.2, 0.25) is 0 Å². The van der Waals surface area contributed by atoms with Crippen LogP contribution in [0.25, 0.3) is 0 Å². The van der Waals surface area contributed by atoms with E-state index in [4.69, 9.17) is 10.5 Å². The van der Waals surface area contributed by atoms with Gasteiger partial charge in [-0.1, -0.05) is 24.3 Å². The van der Waals surface area contributed by atoms with Crippen molar-refractivity contribution in [2.45, 2.75) is 37.9 Å². The van der Waals surface area contributed by atoms with Gasteiger partial charge < -0.3 is 15.8 Å². The maximum absolute atomic E-state index is 12.2. The molecule has 22 heavy (non-hydrogen) atoms. The molecule has 5 heteroatoms. The normalized spacial score (nSPS) is 21.1. The molecule has 120 valence electrons. The predicted molar refractivity (Wildman–Crippen MR) is 85.2 cm³/mol. The molecule has 1 amide bonds. The van der Waals surface area contributed by atoms with Gasteiger partial charge in [-0.2, -0.15) is 0 Å². The van der Waals surface area contributed by atoms with Crippen LogP contribution in [0.4, 0.5) is 0 Å². The highest BCUT2D eigenvalue weighted by molar-refractivity contribution is 5.86. The Morgan fingerprint density at radius 3 is 2.55 bits per heavy atom. The van der Waals surface area contributed by atoms with E-state index in [1.165, 1.54) is 11.1 Å². The zero-order valence-corrected chi connectivity index (χ0v) is 13.0. The number of hydrogen-bond donors (Lipinski definition) is 2. The maximum atomic E-state index is 12.2. The highest BCUT2D eigenvalue weighted by Crippen LogP contribution is 2.29. The molecule has 1 aliphatic carbocycles. The van der Waals surface area contributed by atoms with Crippen LogP contribution >= 0.6 is 0 Å². The quantitative estimate of drug-likeness (QED) is 0.852. The van der Waals surface area contributed by atoms with Gasteiger partial charge in [0.05, 0.1) is 18.8 Å². The molecular weight excluding hydrogens is 278 g/mol. The van der Waals surface area contributed by atoms with Crippen molar-refractivity contribution in [1.29, 1.82) is 0 Å². The lowest BCUT2D eigenvalue weighted by molar-refractivity contribution is -0.129. The zero-order valence-electron chi connectivity index (χ0n) is 13.0. The zero-order chi connectivity index (χ0) is 15.4. The van der Waals surface area contributed by atoms with Gasteiger partial charge in [0.2, 0.25) is 5.91 Å². The lowest BCUT2D eigenvalue weighted by atomic mass is 9.77. The average Bonchev–Trinajstić information content (AvgIpc) is 2.52. The summed E-state index contributed by atoms with van der Waals surface area (Å²) in [7, 11) is 0. The van der Waals surface area contributed by atoms with Gasteiger partial charge >= 0.3 is 0 Å². The molecule has 3 N–H and O–H groups in total. The number of nitrogens with two attached hydrogens (primary N) is 1. The van der Waals surface area contributed by atoms with Crippen LogP contribution in [0, 0.1) is 0 Å². The fraction of sp³-hybridized carbons (Fsp3) is 0.588. The second kappa shape index (κ2) is 6.77. The number of rotatable bonds is 5. The summed E-state index contributed by atoms with van der Waals surface area (Å²) in [6.45, 7) is 4.99. The van der Waals surface area contributed by atoms with E-state index in [1.54, 1.807) is 0 Å². The summed E-state index contributed by atoms with van der Waals surface area (Å²) in [5, 5.41) is 3.01. The second-order valence-corrected chi connectivity index (χ2v) is 6.35. The van der Waals surface area contributed by atoms with E-state index >= 15 is 0 Å². The number of nitrogens with one attached hydrogen (secondary N) is 1. The minimum absolute atomic E-state index is 0.0140. The molecule has 0 spiro atoms. The molecule has 1 saturated carbocycles. The van der Waals surface area contributed by atoms with Crippen molar-refractivity contribution in [2.75, 3.05) is 26.3 Å². The third kappa shape index (κ3) is 3.48. The number of nitrogens with zero attached hydrogens (tertiary/aromatic N) is 1. The van der Waals surface area contributed by atoms with E-state index < -0.39 is 5.54 Å². The van der Waals surface area contributed by atoms with Crippen molar-refractivity contribution in [2.24, 2.45) is 5.73 Å². The molecule has 2 fully saturated rings. The molecule has 0 atom stereocenters. The Kier molecular flexibility index (Phi) is 4.76. The van der Waals surface area contributed by atoms with Gasteiger partial charge in [0.15, 0.2) is 0 Å². The molecule has 2 aliphatic rings. The molecule has 0 aromatic heterocycles. The van der Waals surface area contributed by atoms with E-state index in [9.17, 15) is 4.79 Å². The maximum Gasteiger partial charge on any atom is 0.240 e. The van der Waals surface area contributed by atoms with Gasteiger partial charge in [0, 0.05) is 26.2 Å². The minimum atomic E-state index is -0.626. The summed E-state index contributed by atoms with van der Waals surface area (Å²) < 4.78 is 5.39. The molecular formula is C17H25N3O2. The molecule has 3 rings (SSSR count). The van der Waals surface area contributed by atoms with Gasteiger partial charge in [0.25, 0.3) is 0 Å². The summed E-state index contributed by atoms with van der Waals surface area (Å²) in [4.78, 5) is 14.5. The van der Waals surface area contributed by atoms with Crippen LogP contribution in [0.1, 0.15) is 30.4 Å². The predicted octanol–water partition coefficient (Wildman–Crippen LogP) is 1.02. The van der Waals surface area contributed by atoms with Gasteiger partial charge in [-0.25, -0.2) is 0 Å². The smallest absolute Gasteiger partial charge is 0.240 e. The number of ether oxygens (including phenoxy) is 1. The van der Waals surface area contributed by atoms with E-state index in [-0.39, 0.29) is 5.91 Å². The van der Waals surface area contributed by atoms with Crippen LogP contribution in [-0.2, 0) is 22.6 Å². The van der Waals surface area contributed by atoms with Gasteiger partial charge in [-0.3, -0.25) is 9.69 Å². The molecule has 0 unspecified atom stereocenters. The molecule has 0 bridgehead atoms. The number of hydrogen-bond acceptors (Lipinski definition) is 4. The lowest BCUT2D eigenvalue weighted by Crippen LogP contribution is -2.58. The van der Waals surface area contributed by atoms with Gasteiger partial charge in [0.1, 0.15) is 0 Å². The number of morpholine rings is 1. The number of carbonyl (C=O) groups is 1. The van der Waals surface area contributed by atoms with Crippen molar-refractivity contribution in [1.82, 2.24) is 10.2 Å².